The second-order valence-electron chi connectivity index (χ2n) is 8.93. The molecule has 1 fully saturated rings. The molecular weight excluding hydrogens is 426 g/mol. The highest BCUT2D eigenvalue weighted by molar-refractivity contribution is 7.10. The molecule has 2 amide bonds. The van der Waals surface area contributed by atoms with Crippen molar-refractivity contribution in [2.45, 2.75) is 76.8 Å². The van der Waals surface area contributed by atoms with Gasteiger partial charge in [0.2, 0.25) is 17.7 Å². The van der Waals surface area contributed by atoms with Gasteiger partial charge in [-0.1, -0.05) is 30.8 Å². The molecule has 4 rings (SSSR count). The lowest BCUT2D eigenvalue weighted by Crippen LogP contribution is -2.45. The summed E-state index contributed by atoms with van der Waals surface area (Å²) in [6.07, 6.45) is 7.79. The van der Waals surface area contributed by atoms with Crippen molar-refractivity contribution in [3.05, 3.63) is 33.6 Å². The van der Waals surface area contributed by atoms with Gasteiger partial charge in [-0.05, 0) is 36.3 Å². The summed E-state index contributed by atoms with van der Waals surface area (Å²) in [6.45, 7) is 5.03. The number of carbonyl (C=O) groups excluding carboxylic acids is 2. The van der Waals surface area contributed by atoms with Gasteiger partial charge in [-0.3, -0.25) is 14.5 Å². The number of nitrogens with one attached hydrogen (secondary N) is 2. The fourth-order valence-electron chi connectivity index (χ4n) is 4.78. The van der Waals surface area contributed by atoms with Gasteiger partial charge >= 0.3 is 0 Å². The Labute approximate surface area is 193 Å². The molecule has 0 spiro atoms. The molecule has 2 aliphatic rings. The standard InChI is InChI=1S/C23H33N5O3S/c1-17(29)26-23(10-4-2-3-5-11-23)22-25-21(31-27-22)7-6-20(30)24-12-14-28-13-8-19-18(16-28)9-15-32-19/h9,15H,2-8,10-14,16H2,1H3,(H,24,30)(H,26,29). The van der Waals surface area contributed by atoms with Crippen molar-refractivity contribution in [1.29, 1.82) is 0 Å². The van der Waals surface area contributed by atoms with Gasteiger partial charge in [-0.2, -0.15) is 4.98 Å². The minimum Gasteiger partial charge on any atom is -0.355 e. The van der Waals surface area contributed by atoms with Crippen molar-refractivity contribution in [2.24, 2.45) is 0 Å². The molecule has 1 aliphatic heterocycles. The van der Waals surface area contributed by atoms with Crippen LogP contribution in [0, 0.1) is 0 Å². The van der Waals surface area contributed by atoms with E-state index in [0.717, 1.165) is 64.6 Å². The van der Waals surface area contributed by atoms with Crippen LogP contribution in [0.25, 0.3) is 0 Å². The minimum atomic E-state index is -0.552. The molecule has 1 aliphatic carbocycles. The maximum atomic E-state index is 12.3. The van der Waals surface area contributed by atoms with Crippen molar-refractivity contribution in [1.82, 2.24) is 25.7 Å². The van der Waals surface area contributed by atoms with Gasteiger partial charge in [0.25, 0.3) is 0 Å². The maximum absolute atomic E-state index is 12.3. The number of nitrogens with zero attached hydrogens (tertiary/aromatic N) is 3. The molecule has 9 heteroatoms. The average Bonchev–Trinajstić information content (AvgIpc) is 3.38. The van der Waals surface area contributed by atoms with Crippen molar-refractivity contribution in [2.75, 3.05) is 19.6 Å². The van der Waals surface area contributed by atoms with Crippen LogP contribution in [-0.2, 0) is 34.5 Å². The Morgan fingerprint density at radius 2 is 2.06 bits per heavy atom. The molecule has 0 bridgehead atoms. The molecule has 2 aromatic rings. The number of hydrogen-bond acceptors (Lipinski definition) is 7. The van der Waals surface area contributed by atoms with Crippen LogP contribution >= 0.6 is 11.3 Å². The molecule has 2 N–H and O–H groups in total. The second-order valence-corrected chi connectivity index (χ2v) is 9.94. The van der Waals surface area contributed by atoms with E-state index in [9.17, 15) is 9.59 Å². The van der Waals surface area contributed by atoms with Gasteiger partial charge in [-0.25, -0.2) is 0 Å². The molecular formula is C23H33N5O3S. The smallest absolute Gasteiger partial charge is 0.227 e. The first kappa shape index (κ1) is 22.9. The molecule has 32 heavy (non-hydrogen) atoms. The van der Waals surface area contributed by atoms with Crippen LogP contribution in [0.2, 0.25) is 0 Å². The van der Waals surface area contributed by atoms with E-state index in [0.29, 0.717) is 31.1 Å². The molecule has 0 radical (unpaired) electrons. The van der Waals surface area contributed by atoms with E-state index in [2.05, 4.69) is 37.1 Å². The number of aryl methyl sites for hydroxylation is 1. The third-order valence-electron chi connectivity index (χ3n) is 6.47. The first-order valence-corrected chi connectivity index (χ1v) is 12.6. The molecule has 0 unspecified atom stereocenters. The summed E-state index contributed by atoms with van der Waals surface area (Å²) in [6, 6.07) is 2.20. The van der Waals surface area contributed by atoms with Crippen LogP contribution in [0.3, 0.4) is 0 Å². The average molecular weight is 460 g/mol. The fraction of sp³-hybridized carbons (Fsp3) is 0.652. The minimum absolute atomic E-state index is 0.0102. The number of aromatic nitrogens is 2. The summed E-state index contributed by atoms with van der Waals surface area (Å²) in [5.41, 5.74) is 0.869. The summed E-state index contributed by atoms with van der Waals surface area (Å²) in [5.74, 6) is 0.902. The van der Waals surface area contributed by atoms with Gasteiger partial charge in [0.15, 0.2) is 5.82 Å². The highest BCUT2D eigenvalue weighted by Crippen LogP contribution is 2.34. The number of carbonyl (C=O) groups is 2. The lowest BCUT2D eigenvalue weighted by Gasteiger charge is -2.30. The zero-order valence-corrected chi connectivity index (χ0v) is 19.6. The number of thiophene rings is 1. The highest BCUT2D eigenvalue weighted by Gasteiger charge is 2.38. The van der Waals surface area contributed by atoms with Gasteiger partial charge in [0.1, 0.15) is 5.54 Å². The monoisotopic (exact) mass is 459 g/mol. The molecule has 8 nitrogen and oxygen atoms in total. The first-order chi connectivity index (χ1) is 15.5. The Morgan fingerprint density at radius 1 is 1.25 bits per heavy atom. The Hall–Kier alpha value is -2.26. The first-order valence-electron chi connectivity index (χ1n) is 11.7. The number of fused-ring (bicyclic) bond motifs is 1. The van der Waals surface area contributed by atoms with E-state index in [1.165, 1.54) is 17.4 Å². The van der Waals surface area contributed by atoms with E-state index >= 15 is 0 Å². The Kier molecular flexibility index (Phi) is 7.57. The number of hydrogen-bond donors (Lipinski definition) is 2. The zero-order chi connectivity index (χ0) is 22.4. The van der Waals surface area contributed by atoms with Crippen LogP contribution in [0.5, 0.6) is 0 Å². The van der Waals surface area contributed by atoms with E-state index < -0.39 is 5.54 Å². The largest absolute Gasteiger partial charge is 0.355 e. The molecule has 174 valence electrons. The summed E-state index contributed by atoms with van der Waals surface area (Å²) in [5, 5.41) is 12.4. The third kappa shape index (κ3) is 5.75. The Bertz CT molecular complexity index is 916. The topological polar surface area (TPSA) is 100 Å². The molecule has 3 heterocycles. The van der Waals surface area contributed by atoms with Crippen molar-refractivity contribution in [3.8, 4) is 0 Å². The second kappa shape index (κ2) is 10.6. The lowest BCUT2D eigenvalue weighted by atomic mass is 9.89. The van der Waals surface area contributed by atoms with Crippen molar-refractivity contribution >= 4 is 23.2 Å². The van der Waals surface area contributed by atoms with Gasteiger partial charge in [-0.15, -0.1) is 11.3 Å². The van der Waals surface area contributed by atoms with Gasteiger partial charge in [0.05, 0.1) is 0 Å². The highest BCUT2D eigenvalue weighted by atomic mass is 32.1. The van der Waals surface area contributed by atoms with Crippen LogP contribution in [-0.4, -0.2) is 46.5 Å². The summed E-state index contributed by atoms with van der Waals surface area (Å²) in [4.78, 5) is 32.6. The summed E-state index contributed by atoms with van der Waals surface area (Å²) < 4.78 is 5.44. The maximum Gasteiger partial charge on any atom is 0.227 e. The van der Waals surface area contributed by atoms with Crippen LogP contribution in [0.4, 0.5) is 0 Å². The SMILES string of the molecule is CC(=O)NC1(c2noc(CCC(=O)NCCN3CCc4sccc4C3)n2)CCCCCC1. The van der Waals surface area contributed by atoms with E-state index in [-0.39, 0.29) is 11.8 Å². The van der Waals surface area contributed by atoms with Gasteiger partial charge < -0.3 is 15.2 Å². The molecule has 2 aromatic heterocycles. The third-order valence-corrected chi connectivity index (χ3v) is 7.49. The predicted molar refractivity (Wildman–Crippen MR) is 122 cm³/mol. The van der Waals surface area contributed by atoms with Gasteiger partial charge in [0, 0.05) is 50.8 Å². The Morgan fingerprint density at radius 3 is 2.84 bits per heavy atom. The number of amides is 2. The zero-order valence-electron chi connectivity index (χ0n) is 18.8. The lowest BCUT2D eigenvalue weighted by molar-refractivity contribution is -0.122. The quantitative estimate of drug-likeness (QED) is 0.589. The van der Waals surface area contributed by atoms with E-state index in [1.54, 1.807) is 0 Å². The molecule has 0 saturated heterocycles. The molecule has 0 atom stereocenters. The fourth-order valence-corrected chi connectivity index (χ4v) is 5.67. The van der Waals surface area contributed by atoms with E-state index in [1.807, 2.05) is 11.3 Å². The van der Waals surface area contributed by atoms with E-state index in [4.69, 9.17) is 4.52 Å². The molecule has 1 saturated carbocycles. The Balaban J connectivity index is 1.23. The predicted octanol–water partition coefficient (Wildman–Crippen LogP) is 2.92. The summed E-state index contributed by atoms with van der Waals surface area (Å²) in [7, 11) is 0. The molecule has 0 aromatic carbocycles. The normalized spacial score (nSPS) is 18.5. The van der Waals surface area contributed by atoms with Crippen LogP contribution in [0.15, 0.2) is 16.0 Å². The van der Waals surface area contributed by atoms with Crippen molar-refractivity contribution < 1.29 is 14.1 Å². The van der Waals surface area contributed by atoms with Crippen molar-refractivity contribution in [3.63, 3.8) is 0 Å². The number of rotatable bonds is 8. The summed E-state index contributed by atoms with van der Waals surface area (Å²) >= 11 is 1.84. The van der Waals surface area contributed by atoms with Crippen LogP contribution in [0.1, 0.15) is 74.0 Å². The van der Waals surface area contributed by atoms with Crippen LogP contribution < -0.4 is 10.6 Å².